The Balaban J connectivity index is 1.33. The van der Waals surface area contributed by atoms with E-state index in [1.165, 1.54) is 33.1 Å². The zero-order valence-corrected chi connectivity index (χ0v) is 24.4. The monoisotopic (exact) mass is 603 g/mol. The standard InChI is InChI=1S/C25H29N7O7S2/c1-25(2,3)39-24(37)27-16(13-5-6-15-12(9-13)7-8-38-15)19(33)26-17-20(34)32-18(22(35)36)14(10-40-21(17)32)11-41-23-28-29-30-31(23)4/h5-6,9,16-17,21H,7-8,10-11H2,1-4H3,(H,26,33)(H,27,37)(H,35,36). The molecule has 3 unspecified atom stereocenters. The predicted molar refractivity (Wildman–Crippen MR) is 147 cm³/mol. The molecular weight excluding hydrogens is 574 g/mol. The molecule has 1 aromatic carbocycles. The van der Waals surface area contributed by atoms with E-state index >= 15 is 0 Å². The van der Waals surface area contributed by atoms with Crippen molar-refractivity contribution < 1.29 is 33.8 Å². The second kappa shape index (κ2) is 11.2. The van der Waals surface area contributed by atoms with E-state index in [1.807, 2.05) is 0 Å². The molecule has 0 spiro atoms. The minimum absolute atomic E-state index is 0.103. The molecular formula is C25H29N7O7S2. The molecule has 0 bridgehead atoms. The average Bonchev–Trinajstić information content (AvgIpc) is 3.55. The summed E-state index contributed by atoms with van der Waals surface area (Å²) in [6, 6.07) is 3.07. The minimum atomic E-state index is -1.23. The van der Waals surface area contributed by atoms with E-state index in [0.717, 1.165) is 5.56 Å². The molecule has 1 aromatic heterocycles. The fourth-order valence-electron chi connectivity index (χ4n) is 4.64. The fraction of sp³-hybridized carbons (Fsp3) is 0.480. The molecule has 0 radical (unpaired) electrons. The van der Waals surface area contributed by atoms with Gasteiger partial charge < -0.3 is 25.2 Å². The minimum Gasteiger partial charge on any atom is -0.493 e. The van der Waals surface area contributed by atoms with Crippen molar-refractivity contribution in [3.8, 4) is 5.75 Å². The molecule has 16 heteroatoms. The van der Waals surface area contributed by atoms with Gasteiger partial charge in [-0.05, 0) is 60.0 Å². The first-order valence-corrected chi connectivity index (χ1v) is 14.8. The third kappa shape index (κ3) is 5.98. The maximum Gasteiger partial charge on any atom is 0.408 e. The van der Waals surface area contributed by atoms with E-state index in [0.29, 0.717) is 40.8 Å². The van der Waals surface area contributed by atoms with Crippen LogP contribution in [-0.4, -0.2) is 89.2 Å². The number of carboxylic acid groups (broad SMARTS) is 1. The van der Waals surface area contributed by atoms with E-state index in [1.54, 1.807) is 46.0 Å². The van der Waals surface area contributed by atoms with E-state index in [2.05, 4.69) is 26.2 Å². The molecule has 3 N–H and O–H groups in total. The first-order chi connectivity index (χ1) is 19.4. The maximum absolute atomic E-state index is 13.6. The van der Waals surface area contributed by atoms with Gasteiger partial charge in [0.2, 0.25) is 11.1 Å². The van der Waals surface area contributed by atoms with Crippen molar-refractivity contribution in [3.63, 3.8) is 0 Å². The number of thioether (sulfide) groups is 2. The summed E-state index contributed by atoms with van der Waals surface area (Å²) in [5.74, 6) is -1.07. The number of alkyl carbamates (subject to hydrolysis) is 1. The molecule has 1 saturated heterocycles. The first-order valence-electron chi connectivity index (χ1n) is 12.7. The number of benzene rings is 1. The molecule has 0 saturated carbocycles. The number of carbonyl (C=O) groups excluding carboxylic acids is 3. The number of ether oxygens (including phenoxy) is 2. The van der Waals surface area contributed by atoms with Crippen LogP contribution in [0.4, 0.5) is 4.79 Å². The molecule has 3 atom stereocenters. The van der Waals surface area contributed by atoms with E-state index in [-0.39, 0.29) is 11.4 Å². The van der Waals surface area contributed by atoms with Crippen molar-refractivity contribution in [1.82, 2.24) is 35.7 Å². The van der Waals surface area contributed by atoms with Gasteiger partial charge in [-0.1, -0.05) is 17.8 Å². The van der Waals surface area contributed by atoms with Gasteiger partial charge in [-0.15, -0.1) is 16.9 Å². The number of tetrazole rings is 1. The number of hydrogen-bond donors (Lipinski definition) is 3. The number of aliphatic carboxylic acids is 1. The highest BCUT2D eigenvalue weighted by molar-refractivity contribution is 8.01. The highest BCUT2D eigenvalue weighted by Gasteiger charge is 2.54. The van der Waals surface area contributed by atoms with Gasteiger partial charge in [0.1, 0.15) is 34.5 Å². The summed E-state index contributed by atoms with van der Waals surface area (Å²) in [6.45, 7) is 5.65. The summed E-state index contributed by atoms with van der Waals surface area (Å²) in [6.07, 6.45) is -0.129. The molecule has 5 rings (SSSR count). The number of β-lactam (4-membered cyclic amide) rings is 1. The molecule has 41 heavy (non-hydrogen) atoms. The zero-order chi connectivity index (χ0) is 29.5. The lowest BCUT2D eigenvalue weighted by molar-refractivity contribution is -0.151. The third-order valence-electron chi connectivity index (χ3n) is 6.47. The quantitative estimate of drug-likeness (QED) is 0.291. The summed E-state index contributed by atoms with van der Waals surface area (Å²) in [5, 5.41) is 26.4. The van der Waals surface area contributed by atoms with Gasteiger partial charge in [-0.25, -0.2) is 14.3 Å². The number of aromatic nitrogens is 4. The van der Waals surface area contributed by atoms with Gasteiger partial charge >= 0.3 is 12.1 Å². The molecule has 0 aliphatic carbocycles. The van der Waals surface area contributed by atoms with Gasteiger partial charge in [0, 0.05) is 25.0 Å². The molecule has 3 amide bonds. The smallest absolute Gasteiger partial charge is 0.408 e. The van der Waals surface area contributed by atoms with Crippen LogP contribution >= 0.6 is 23.5 Å². The Bertz CT molecular complexity index is 1440. The van der Waals surface area contributed by atoms with Crippen molar-refractivity contribution in [2.24, 2.45) is 7.05 Å². The van der Waals surface area contributed by atoms with Gasteiger partial charge in [0.15, 0.2) is 0 Å². The number of fused-ring (bicyclic) bond motifs is 2. The maximum atomic E-state index is 13.6. The Morgan fingerprint density at radius 2 is 2.10 bits per heavy atom. The van der Waals surface area contributed by atoms with E-state index < -0.39 is 46.9 Å². The first kappa shape index (κ1) is 28.7. The van der Waals surface area contributed by atoms with Gasteiger partial charge in [-0.3, -0.25) is 14.5 Å². The third-order valence-corrected chi connectivity index (χ3v) is 8.91. The van der Waals surface area contributed by atoms with Crippen molar-refractivity contribution in [1.29, 1.82) is 0 Å². The Hall–Kier alpha value is -3.79. The van der Waals surface area contributed by atoms with Crippen LogP contribution in [0.5, 0.6) is 5.75 Å². The van der Waals surface area contributed by atoms with Crippen molar-refractivity contribution >= 4 is 47.4 Å². The van der Waals surface area contributed by atoms with E-state index in [4.69, 9.17) is 9.47 Å². The number of amides is 3. The lowest BCUT2D eigenvalue weighted by atomic mass is 9.99. The Morgan fingerprint density at radius 1 is 1.32 bits per heavy atom. The number of carboxylic acids is 1. The van der Waals surface area contributed by atoms with Crippen LogP contribution in [0.3, 0.4) is 0 Å². The average molecular weight is 604 g/mol. The molecule has 3 aliphatic heterocycles. The van der Waals surface area contributed by atoms with Crippen molar-refractivity contribution in [3.05, 3.63) is 40.6 Å². The summed E-state index contributed by atoms with van der Waals surface area (Å²) < 4.78 is 12.4. The molecule has 4 heterocycles. The van der Waals surface area contributed by atoms with Crippen LogP contribution in [-0.2, 0) is 32.6 Å². The Morgan fingerprint density at radius 3 is 2.78 bits per heavy atom. The topological polar surface area (TPSA) is 178 Å². The number of aryl methyl sites for hydroxylation is 1. The number of nitrogens with one attached hydrogen (secondary N) is 2. The van der Waals surface area contributed by atoms with Crippen molar-refractivity contribution in [2.75, 3.05) is 18.1 Å². The second-order valence-corrected chi connectivity index (χ2v) is 12.6. The van der Waals surface area contributed by atoms with Gasteiger partial charge in [-0.2, -0.15) is 0 Å². The zero-order valence-electron chi connectivity index (χ0n) is 22.7. The SMILES string of the molecule is Cn1nnnc1SCC1=C(C(=O)O)N2C(=O)C(NC(=O)C(NC(=O)OC(C)(C)C)c3ccc4c(c3)CCO4)C2SC1. The van der Waals surface area contributed by atoms with Crippen LogP contribution in [0.15, 0.2) is 34.6 Å². The van der Waals surface area contributed by atoms with Crippen LogP contribution in [0.1, 0.15) is 37.9 Å². The summed E-state index contributed by atoms with van der Waals surface area (Å²) >= 11 is 2.62. The molecule has 2 aromatic rings. The lowest BCUT2D eigenvalue weighted by Crippen LogP contribution is -2.71. The summed E-state index contributed by atoms with van der Waals surface area (Å²) in [4.78, 5) is 52.9. The number of nitrogens with zero attached hydrogens (tertiary/aromatic N) is 5. The normalized spacial score (nSPS) is 20.4. The van der Waals surface area contributed by atoms with Crippen LogP contribution < -0.4 is 15.4 Å². The van der Waals surface area contributed by atoms with Crippen molar-refractivity contribution in [2.45, 2.75) is 55.4 Å². The molecule has 14 nitrogen and oxygen atoms in total. The van der Waals surface area contributed by atoms with E-state index in [9.17, 15) is 24.3 Å². The summed E-state index contributed by atoms with van der Waals surface area (Å²) in [5.41, 5.74) is 1.06. The number of carbonyl (C=O) groups is 4. The molecule has 3 aliphatic rings. The molecule has 1 fully saturated rings. The van der Waals surface area contributed by atoms with Gasteiger partial charge in [0.05, 0.1) is 6.61 Å². The lowest BCUT2D eigenvalue weighted by Gasteiger charge is -2.49. The predicted octanol–water partition coefficient (Wildman–Crippen LogP) is 1.24. The van der Waals surface area contributed by atoms with Gasteiger partial charge in [0.25, 0.3) is 5.91 Å². The number of rotatable bonds is 8. The number of hydrogen-bond acceptors (Lipinski definition) is 11. The summed E-state index contributed by atoms with van der Waals surface area (Å²) in [7, 11) is 1.67. The fourth-order valence-corrected chi connectivity index (χ4v) is 6.97. The Kier molecular flexibility index (Phi) is 7.87. The van der Waals surface area contributed by atoms with Crippen LogP contribution in [0, 0.1) is 0 Å². The molecule has 218 valence electrons. The highest BCUT2D eigenvalue weighted by Crippen LogP contribution is 2.41. The largest absolute Gasteiger partial charge is 0.493 e. The van der Waals surface area contributed by atoms with Crippen LogP contribution in [0.25, 0.3) is 0 Å². The Labute approximate surface area is 243 Å². The van der Waals surface area contributed by atoms with Crippen LogP contribution in [0.2, 0.25) is 0 Å². The second-order valence-electron chi connectivity index (χ2n) is 10.6. The highest BCUT2D eigenvalue weighted by atomic mass is 32.2.